The van der Waals surface area contributed by atoms with Crippen molar-refractivity contribution in [2.45, 2.75) is 26.1 Å². The highest BCUT2D eigenvalue weighted by Gasteiger charge is 2.10. The summed E-state index contributed by atoms with van der Waals surface area (Å²) in [5, 5.41) is 22.3. The molecule has 0 fully saturated rings. The van der Waals surface area contributed by atoms with Gasteiger partial charge < -0.3 is 20.3 Å². The van der Waals surface area contributed by atoms with Crippen LogP contribution >= 0.6 is 0 Å². The number of aliphatic hydroxyl groups excluding tert-OH is 1. The number of hydrogen-bond donors (Lipinski definition) is 3. The summed E-state index contributed by atoms with van der Waals surface area (Å²) in [6, 6.07) is 4.95. The van der Waals surface area contributed by atoms with Gasteiger partial charge in [-0.1, -0.05) is 6.07 Å². The van der Waals surface area contributed by atoms with E-state index < -0.39 is 6.10 Å². The van der Waals surface area contributed by atoms with E-state index in [9.17, 15) is 10.2 Å². The lowest BCUT2D eigenvalue weighted by Crippen LogP contribution is -2.16. The highest BCUT2D eigenvalue weighted by Crippen LogP contribution is 2.29. The predicted octanol–water partition coefficient (Wildman–Crippen LogP) is 1.43. The van der Waals surface area contributed by atoms with E-state index >= 15 is 0 Å². The molecule has 4 nitrogen and oxygen atoms in total. The second-order valence-corrected chi connectivity index (χ2v) is 3.97. The van der Waals surface area contributed by atoms with E-state index in [4.69, 9.17) is 4.74 Å². The van der Waals surface area contributed by atoms with Gasteiger partial charge in [0.1, 0.15) is 0 Å². The van der Waals surface area contributed by atoms with Gasteiger partial charge in [0.2, 0.25) is 0 Å². The van der Waals surface area contributed by atoms with Crippen molar-refractivity contribution >= 4 is 0 Å². The van der Waals surface area contributed by atoms with Gasteiger partial charge >= 0.3 is 0 Å². The Morgan fingerprint density at radius 2 is 2.06 bits per heavy atom. The summed E-state index contributed by atoms with van der Waals surface area (Å²) < 4.78 is 5.39. The number of nitrogens with one attached hydrogen (secondary N) is 1. The molecule has 1 aromatic rings. The van der Waals surface area contributed by atoms with Crippen LogP contribution in [0.3, 0.4) is 0 Å². The Bertz CT molecular complexity index is 339. The van der Waals surface area contributed by atoms with E-state index in [1.165, 1.54) is 6.07 Å². The van der Waals surface area contributed by atoms with E-state index in [2.05, 4.69) is 5.32 Å². The fourth-order valence-electron chi connectivity index (χ4n) is 1.41. The first kappa shape index (κ1) is 12.8. The lowest BCUT2D eigenvalue weighted by Gasteiger charge is -2.14. The first-order chi connectivity index (χ1) is 7.54. The molecule has 90 valence electrons. The third kappa shape index (κ3) is 3.40. The SMILES string of the molecule is CNC[C@H](O)c1ccc(OC(C)C)c(O)c1. The van der Waals surface area contributed by atoms with Crippen LogP contribution in [0.4, 0.5) is 0 Å². The Morgan fingerprint density at radius 1 is 1.38 bits per heavy atom. The molecular formula is C12H19NO3. The zero-order valence-corrected chi connectivity index (χ0v) is 9.90. The fourth-order valence-corrected chi connectivity index (χ4v) is 1.41. The molecule has 0 aromatic heterocycles. The molecule has 0 saturated heterocycles. The third-order valence-corrected chi connectivity index (χ3v) is 2.13. The number of rotatable bonds is 5. The minimum absolute atomic E-state index is 0.0129. The number of benzene rings is 1. The molecule has 0 aliphatic heterocycles. The monoisotopic (exact) mass is 225 g/mol. The van der Waals surface area contributed by atoms with E-state index in [0.717, 1.165) is 0 Å². The number of hydrogen-bond acceptors (Lipinski definition) is 4. The Hall–Kier alpha value is -1.26. The highest BCUT2D eigenvalue weighted by atomic mass is 16.5. The van der Waals surface area contributed by atoms with Gasteiger partial charge in [0.05, 0.1) is 12.2 Å². The largest absolute Gasteiger partial charge is 0.504 e. The smallest absolute Gasteiger partial charge is 0.161 e. The van der Waals surface area contributed by atoms with Crippen LogP contribution in [0, 0.1) is 0 Å². The maximum atomic E-state index is 9.70. The summed E-state index contributed by atoms with van der Waals surface area (Å²) in [5.41, 5.74) is 0.669. The Kier molecular flexibility index (Phi) is 4.58. The van der Waals surface area contributed by atoms with Crippen molar-refractivity contribution in [2.75, 3.05) is 13.6 Å². The number of ether oxygens (including phenoxy) is 1. The van der Waals surface area contributed by atoms with Crippen LogP contribution in [0.25, 0.3) is 0 Å². The quantitative estimate of drug-likeness (QED) is 0.709. The lowest BCUT2D eigenvalue weighted by atomic mass is 10.1. The van der Waals surface area contributed by atoms with E-state index in [1.807, 2.05) is 13.8 Å². The topological polar surface area (TPSA) is 61.7 Å². The van der Waals surface area contributed by atoms with Gasteiger partial charge in [-0.3, -0.25) is 0 Å². The second-order valence-electron chi connectivity index (χ2n) is 3.97. The van der Waals surface area contributed by atoms with Gasteiger partial charge in [-0.15, -0.1) is 0 Å². The Morgan fingerprint density at radius 3 is 2.56 bits per heavy atom. The molecule has 0 aliphatic rings. The maximum Gasteiger partial charge on any atom is 0.161 e. The molecular weight excluding hydrogens is 206 g/mol. The molecule has 1 atom stereocenters. The molecule has 3 N–H and O–H groups in total. The minimum atomic E-state index is -0.621. The van der Waals surface area contributed by atoms with Crippen molar-refractivity contribution in [1.82, 2.24) is 5.32 Å². The average molecular weight is 225 g/mol. The van der Waals surface area contributed by atoms with E-state index in [1.54, 1.807) is 19.2 Å². The lowest BCUT2D eigenvalue weighted by molar-refractivity contribution is 0.177. The van der Waals surface area contributed by atoms with Crippen molar-refractivity contribution in [3.05, 3.63) is 23.8 Å². The van der Waals surface area contributed by atoms with Crippen molar-refractivity contribution in [3.63, 3.8) is 0 Å². The molecule has 0 amide bonds. The van der Waals surface area contributed by atoms with Crippen LogP contribution in [-0.4, -0.2) is 29.9 Å². The standard InChI is InChI=1S/C12H19NO3/c1-8(2)16-12-5-4-9(6-10(12)14)11(15)7-13-3/h4-6,8,11,13-15H,7H2,1-3H3/t11-/m0/s1. The zero-order valence-electron chi connectivity index (χ0n) is 9.90. The van der Waals surface area contributed by atoms with Crippen LogP contribution in [-0.2, 0) is 0 Å². The summed E-state index contributed by atoms with van der Waals surface area (Å²) in [4.78, 5) is 0. The van der Waals surface area contributed by atoms with Gasteiger partial charge in [0.15, 0.2) is 11.5 Å². The van der Waals surface area contributed by atoms with Crippen LogP contribution in [0.1, 0.15) is 25.5 Å². The zero-order chi connectivity index (χ0) is 12.1. The van der Waals surface area contributed by atoms with Gasteiger partial charge in [0.25, 0.3) is 0 Å². The van der Waals surface area contributed by atoms with E-state index in [0.29, 0.717) is 17.9 Å². The average Bonchev–Trinajstić information content (AvgIpc) is 2.20. The van der Waals surface area contributed by atoms with Crippen molar-refractivity contribution < 1.29 is 14.9 Å². The summed E-state index contributed by atoms with van der Waals surface area (Å²) in [7, 11) is 1.76. The molecule has 0 unspecified atom stereocenters. The molecule has 0 saturated carbocycles. The summed E-state index contributed by atoms with van der Waals surface area (Å²) >= 11 is 0. The predicted molar refractivity (Wildman–Crippen MR) is 62.8 cm³/mol. The molecule has 0 heterocycles. The Labute approximate surface area is 95.9 Å². The molecule has 1 rings (SSSR count). The number of likely N-dealkylation sites (N-methyl/N-ethyl adjacent to an activating group) is 1. The van der Waals surface area contributed by atoms with Gasteiger partial charge in [-0.2, -0.15) is 0 Å². The molecule has 0 bridgehead atoms. The molecule has 16 heavy (non-hydrogen) atoms. The maximum absolute atomic E-state index is 9.70. The number of phenols is 1. The van der Waals surface area contributed by atoms with Crippen LogP contribution in [0.2, 0.25) is 0 Å². The van der Waals surface area contributed by atoms with Gasteiger partial charge in [-0.05, 0) is 38.6 Å². The number of aromatic hydroxyl groups is 1. The normalized spacial score (nSPS) is 12.8. The first-order valence-electron chi connectivity index (χ1n) is 5.36. The van der Waals surface area contributed by atoms with Crippen molar-refractivity contribution in [2.24, 2.45) is 0 Å². The summed E-state index contributed by atoms with van der Waals surface area (Å²) in [6.07, 6.45) is -0.608. The minimum Gasteiger partial charge on any atom is -0.504 e. The third-order valence-electron chi connectivity index (χ3n) is 2.13. The molecule has 0 radical (unpaired) electrons. The van der Waals surface area contributed by atoms with Gasteiger partial charge in [-0.25, -0.2) is 0 Å². The molecule has 1 aromatic carbocycles. The fraction of sp³-hybridized carbons (Fsp3) is 0.500. The number of aliphatic hydroxyl groups is 1. The molecule has 4 heteroatoms. The summed E-state index contributed by atoms with van der Waals surface area (Å²) in [5.74, 6) is 0.497. The van der Waals surface area contributed by atoms with Crippen molar-refractivity contribution in [3.8, 4) is 11.5 Å². The molecule has 0 spiro atoms. The van der Waals surface area contributed by atoms with Crippen LogP contribution < -0.4 is 10.1 Å². The van der Waals surface area contributed by atoms with Crippen molar-refractivity contribution in [1.29, 1.82) is 0 Å². The first-order valence-corrected chi connectivity index (χ1v) is 5.36. The second kappa shape index (κ2) is 5.72. The van der Waals surface area contributed by atoms with Crippen LogP contribution in [0.15, 0.2) is 18.2 Å². The molecule has 0 aliphatic carbocycles. The van der Waals surface area contributed by atoms with Crippen LogP contribution in [0.5, 0.6) is 11.5 Å². The highest BCUT2D eigenvalue weighted by molar-refractivity contribution is 5.42. The summed E-state index contributed by atoms with van der Waals surface area (Å²) in [6.45, 7) is 4.23. The number of phenolic OH excluding ortho intramolecular Hbond substituents is 1. The van der Waals surface area contributed by atoms with Gasteiger partial charge in [0, 0.05) is 6.54 Å². The Balaban J connectivity index is 2.82. The van der Waals surface area contributed by atoms with E-state index in [-0.39, 0.29) is 11.9 Å².